The average molecular weight is 499 g/mol. The van der Waals surface area contributed by atoms with Crippen LogP contribution < -0.4 is 0 Å². The SMILES string of the molecule is CCCCC/C=C\C[C@@]1(O)C=C(Cl)C(=O)/C1=C/[C@H](OC(C)=O)[C@H](CCCC(=O)OC)OC(C)=O. The molecule has 0 aliphatic heterocycles. The zero-order valence-electron chi connectivity index (χ0n) is 20.3. The number of rotatable bonds is 14. The van der Waals surface area contributed by atoms with Crippen LogP contribution in [0.1, 0.15) is 72.1 Å². The Morgan fingerprint density at radius 2 is 1.79 bits per heavy atom. The molecule has 1 N–H and O–H groups in total. The number of carbonyl (C=O) groups is 4. The quantitative estimate of drug-likeness (QED) is 0.125. The van der Waals surface area contributed by atoms with Gasteiger partial charge in [0, 0.05) is 32.3 Å². The van der Waals surface area contributed by atoms with Crippen LogP contribution in [0.5, 0.6) is 0 Å². The fourth-order valence-electron chi connectivity index (χ4n) is 3.59. The van der Waals surface area contributed by atoms with Crippen molar-refractivity contribution in [2.75, 3.05) is 7.11 Å². The first-order chi connectivity index (χ1) is 16.0. The second-order valence-corrected chi connectivity index (χ2v) is 8.59. The van der Waals surface area contributed by atoms with Gasteiger partial charge >= 0.3 is 17.9 Å². The molecule has 0 bridgehead atoms. The predicted molar refractivity (Wildman–Crippen MR) is 127 cm³/mol. The lowest BCUT2D eigenvalue weighted by Crippen LogP contribution is -2.36. The third-order valence-electron chi connectivity index (χ3n) is 5.28. The summed E-state index contributed by atoms with van der Waals surface area (Å²) in [6.07, 6.45) is 8.77. The number of Topliss-reactive ketones (excluding diaryl/α,β-unsaturated/α-hetero) is 1. The average Bonchev–Trinajstić information content (AvgIpc) is 2.97. The molecule has 1 aliphatic carbocycles. The van der Waals surface area contributed by atoms with Gasteiger partial charge in [0.05, 0.1) is 12.1 Å². The van der Waals surface area contributed by atoms with Crippen molar-refractivity contribution < 1.29 is 38.5 Å². The summed E-state index contributed by atoms with van der Waals surface area (Å²) in [5, 5.41) is 11.1. The van der Waals surface area contributed by atoms with Crippen molar-refractivity contribution in [3.8, 4) is 0 Å². The van der Waals surface area contributed by atoms with E-state index in [1.165, 1.54) is 33.1 Å². The van der Waals surface area contributed by atoms with Crippen LogP contribution in [-0.4, -0.2) is 53.7 Å². The van der Waals surface area contributed by atoms with Crippen molar-refractivity contribution in [3.05, 3.63) is 34.9 Å². The van der Waals surface area contributed by atoms with Crippen LogP contribution >= 0.6 is 11.6 Å². The van der Waals surface area contributed by atoms with Gasteiger partial charge in [0.15, 0.2) is 6.10 Å². The molecule has 0 saturated carbocycles. The Labute approximate surface area is 206 Å². The number of ether oxygens (including phenoxy) is 3. The molecule has 0 aromatic carbocycles. The van der Waals surface area contributed by atoms with Gasteiger partial charge in [-0.1, -0.05) is 43.5 Å². The fraction of sp³-hybridized carbons (Fsp3) is 0.600. The number of esters is 3. The van der Waals surface area contributed by atoms with Crippen molar-refractivity contribution in [1.29, 1.82) is 0 Å². The van der Waals surface area contributed by atoms with Crippen molar-refractivity contribution in [2.24, 2.45) is 0 Å². The van der Waals surface area contributed by atoms with Crippen molar-refractivity contribution >= 4 is 35.3 Å². The first-order valence-electron chi connectivity index (χ1n) is 11.5. The first kappa shape index (κ1) is 29.6. The lowest BCUT2D eigenvalue weighted by atomic mass is 9.90. The maximum atomic E-state index is 12.7. The number of methoxy groups -OCH3 is 1. The van der Waals surface area contributed by atoms with E-state index in [1.807, 2.05) is 6.08 Å². The molecule has 8 nitrogen and oxygen atoms in total. The Morgan fingerprint density at radius 3 is 2.38 bits per heavy atom. The van der Waals surface area contributed by atoms with Crippen LogP contribution in [0.15, 0.2) is 34.9 Å². The number of ketones is 1. The maximum Gasteiger partial charge on any atom is 0.305 e. The molecule has 0 radical (unpaired) electrons. The van der Waals surface area contributed by atoms with Gasteiger partial charge in [-0.25, -0.2) is 0 Å². The summed E-state index contributed by atoms with van der Waals surface area (Å²) in [7, 11) is 1.26. The summed E-state index contributed by atoms with van der Waals surface area (Å²) < 4.78 is 15.3. The molecule has 1 aliphatic rings. The fourth-order valence-corrected chi connectivity index (χ4v) is 3.87. The molecule has 190 valence electrons. The van der Waals surface area contributed by atoms with E-state index in [9.17, 15) is 24.3 Å². The van der Waals surface area contributed by atoms with E-state index in [4.69, 9.17) is 21.1 Å². The number of aliphatic hydroxyl groups is 1. The second kappa shape index (κ2) is 14.7. The third kappa shape index (κ3) is 9.81. The van der Waals surface area contributed by atoms with Gasteiger partial charge in [0.1, 0.15) is 11.7 Å². The maximum absolute atomic E-state index is 12.7. The third-order valence-corrected chi connectivity index (χ3v) is 5.56. The number of unbranched alkanes of at least 4 members (excludes halogenated alkanes) is 3. The molecule has 0 fully saturated rings. The zero-order valence-corrected chi connectivity index (χ0v) is 21.1. The zero-order chi connectivity index (χ0) is 25.7. The summed E-state index contributed by atoms with van der Waals surface area (Å²) in [6.45, 7) is 4.49. The molecule has 9 heteroatoms. The van der Waals surface area contributed by atoms with Gasteiger partial charge in [0.25, 0.3) is 0 Å². The highest BCUT2D eigenvalue weighted by molar-refractivity contribution is 6.46. The molecule has 0 aromatic heterocycles. The molecule has 0 spiro atoms. The minimum Gasteiger partial charge on any atom is -0.469 e. The summed E-state index contributed by atoms with van der Waals surface area (Å²) >= 11 is 6.05. The standard InChI is InChI=1S/C25H35ClO8/c1-5-6-7-8-9-10-14-25(31)16-20(26)24(30)19(25)15-22(34-18(3)28)21(33-17(2)27)12-11-13-23(29)32-4/h9-10,15-16,21-22,31H,5-8,11-14H2,1-4H3/b10-9-,19-15-/t21-,22-,25+/m0/s1. The van der Waals surface area contributed by atoms with Gasteiger partial charge < -0.3 is 19.3 Å². The summed E-state index contributed by atoms with van der Waals surface area (Å²) in [6, 6.07) is 0. The van der Waals surface area contributed by atoms with E-state index in [2.05, 4.69) is 11.7 Å². The van der Waals surface area contributed by atoms with Gasteiger partial charge in [-0.05, 0) is 37.8 Å². The Bertz CT molecular complexity index is 829. The summed E-state index contributed by atoms with van der Waals surface area (Å²) in [4.78, 5) is 47.7. The first-order valence-corrected chi connectivity index (χ1v) is 11.9. The van der Waals surface area contributed by atoms with Crippen LogP contribution in [0.25, 0.3) is 0 Å². The summed E-state index contributed by atoms with van der Waals surface area (Å²) in [5.74, 6) is -2.34. The summed E-state index contributed by atoms with van der Waals surface area (Å²) in [5.41, 5.74) is -1.76. The normalized spacial score (nSPS) is 20.8. The molecule has 3 atom stereocenters. The van der Waals surface area contributed by atoms with Crippen LogP contribution in [0, 0.1) is 0 Å². The molecule has 34 heavy (non-hydrogen) atoms. The molecule has 0 amide bonds. The van der Waals surface area contributed by atoms with Crippen LogP contribution in [0.2, 0.25) is 0 Å². The molecule has 0 aromatic rings. The van der Waals surface area contributed by atoms with Gasteiger partial charge in [-0.2, -0.15) is 0 Å². The molecule has 0 heterocycles. The lowest BCUT2D eigenvalue weighted by Gasteiger charge is -2.27. The van der Waals surface area contributed by atoms with E-state index >= 15 is 0 Å². The number of hydrogen-bond acceptors (Lipinski definition) is 8. The highest BCUT2D eigenvalue weighted by atomic mass is 35.5. The molecule has 0 saturated heterocycles. The number of allylic oxidation sites excluding steroid dienone is 2. The van der Waals surface area contributed by atoms with E-state index in [-0.39, 0.29) is 36.3 Å². The number of halogens is 1. The lowest BCUT2D eigenvalue weighted by molar-refractivity contribution is -0.162. The molecule has 1 rings (SSSR count). The Balaban J connectivity index is 3.20. The van der Waals surface area contributed by atoms with Crippen molar-refractivity contribution in [1.82, 2.24) is 0 Å². The topological polar surface area (TPSA) is 116 Å². The second-order valence-electron chi connectivity index (χ2n) is 8.19. The Kier molecular flexibility index (Phi) is 12.8. The largest absolute Gasteiger partial charge is 0.469 e. The van der Waals surface area contributed by atoms with Gasteiger partial charge in [0.2, 0.25) is 5.78 Å². The van der Waals surface area contributed by atoms with E-state index in [0.717, 1.165) is 25.7 Å². The minimum atomic E-state index is -1.69. The van der Waals surface area contributed by atoms with Gasteiger partial charge in [-0.3, -0.25) is 19.2 Å². The van der Waals surface area contributed by atoms with Gasteiger partial charge in [-0.15, -0.1) is 0 Å². The smallest absolute Gasteiger partial charge is 0.305 e. The van der Waals surface area contributed by atoms with E-state index < -0.39 is 41.5 Å². The van der Waals surface area contributed by atoms with Crippen LogP contribution in [0.3, 0.4) is 0 Å². The molecular formula is C25H35ClO8. The highest BCUT2D eigenvalue weighted by Gasteiger charge is 2.42. The molecular weight excluding hydrogens is 464 g/mol. The van der Waals surface area contributed by atoms with E-state index in [0.29, 0.717) is 0 Å². The van der Waals surface area contributed by atoms with E-state index in [1.54, 1.807) is 6.08 Å². The minimum absolute atomic E-state index is 0.0629. The van der Waals surface area contributed by atoms with Crippen molar-refractivity contribution in [3.63, 3.8) is 0 Å². The highest BCUT2D eigenvalue weighted by Crippen LogP contribution is 2.37. The Hall–Kier alpha value is -2.45. The van der Waals surface area contributed by atoms with Crippen molar-refractivity contribution in [2.45, 2.75) is 89.9 Å². The molecule has 0 unspecified atom stereocenters. The van der Waals surface area contributed by atoms with Crippen LogP contribution in [-0.2, 0) is 33.4 Å². The monoisotopic (exact) mass is 498 g/mol. The number of hydrogen-bond donors (Lipinski definition) is 1. The number of carbonyl (C=O) groups excluding carboxylic acids is 4. The van der Waals surface area contributed by atoms with Crippen LogP contribution in [0.4, 0.5) is 0 Å². The predicted octanol–water partition coefficient (Wildman–Crippen LogP) is 4.08. The Morgan fingerprint density at radius 1 is 1.12 bits per heavy atom.